The van der Waals surface area contributed by atoms with E-state index in [-0.39, 0.29) is 5.75 Å². The second-order valence-corrected chi connectivity index (χ2v) is 8.40. The second-order valence-electron chi connectivity index (χ2n) is 8.40. The Morgan fingerprint density at radius 2 is 1.32 bits per heavy atom. The number of phenolic OH excluding ortho intramolecular Hbond substituents is 1. The first-order valence-corrected chi connectivity index (χ1v) is 12.0. The molecule has 0 aliphatic carbocycles. The van der Waals surface area contributed by atoms with Crippen molar-refractivity contribution in [2.45, 2.75) is 45.4 Å². The van der Waals surface area contributed by atoms with Crippen molar-refractivity contribution < 1.29 is 9.84 Å². The molecule has 174 valence electrons. The first-order chi connectivity index (χ1) is 16.7. The highest BCUT2D eigenvalue weighted by atomic mass is 16.5. The number of nitrogens with zero attached hydrogens (tertiary/aromatic N) is 3. The summed E-state index contributed by atoms with van der Waals surface area (Å²) >= 11 is 0. The van der Waals surface area contributed by atoms with Gasteiger partial charge in [-0.1, -0.05) is 86.8 Å². The molecule has 0 saturated carbocycles. The highest BCUT2D eigenvalue weighted by molar-refractivity contribution is 5.65. The van der Waals surface area contributed by atoms with Crippen LogP contribution in [0.15, 0.2) is 78.9 Å². The van der Waals surface area contributed by atoms with Crippen LogP contribution in [0.25, 0.3) is 11.4 Å². The average molecular weight is 454 g/mol. The number of aromatic nitrogens is 3. The molecule has 0 unspecified atom stereocenters. The summed E-state index contributed by atoms with van der Waals surface area (Å²) in [4.78, 5) is 14.1. The number of hydrogen-bond acceptors (Lipinski definition) is 5. The van der Waals surface area contributed by atoms with Crippen molar-refractivity contribution in [2.75, 3.05) is 6.61 Å². The molecule has 5 heteroatoms. The molecule has 1 N–H and O–H groups in total. The smallest absolute Gasteiger partial charge is 0.167 e. The number of aromatic hydroxyl groups is 1. The number of ether oxygens (including phenoxy) is 1. The Bertz CT molecular complexity index is 1120. The molecule has 0 atom stereocenters. The predicted octanol–water partition coefficient (Wildman–Crippen LogP) is 6.38. The maximum absolute atomic E-state index is 10.8. The van der Waals surface area contributed by atoms with E-state index in [0.717, 1.165) is 24.0 Å². The Morgan fingerprint density at radius 3 is 1.88 bits per heavy atom. The van der Waals surface area contributed by atoms with Gasteiger partial charge in [0.2, 0.25) is 0 Å². The normalized spacial score (nSPS) is 10.9. The van der Waals surface area contributed by atoms with E-state index >= 15 is 0 Å². The zero-order valence-electron chi connectivity index (χ0n) is 19.7. The van der Waals surface area contributed by atoms with Crippen molar-refractivity contribution >= 4 is 0 Å². The molecule has 3 aromatic carbocycles. The van der Waals surface area contributed by atoms with Gasteiger partial charge < -0.3 is 9.84 Å². The van der Waals surface area contributed by atoms with Crippen molar-refractivity contribution in [1.82, 2.24) is 15.0 Å². The Kier molecular flexibility index (Phi) is 8.22. The van der Waals surface area contributed by atoms with E-state index in [0.29, 0.717) is 48.2 Å². The van der Waals surface area contributed by atoms with Crippen molar-refractivity contribution in [1.29, 1.82) is 0 Å². The lowest BCUT2D eigenvalue weighted by molar-refractivity contribution is 0.303. The zero-order chi connectivity index (χ0) is 23.6. The Balaban J connectivity index is 1.59. The Hall–Kier alpha value is -3.73. The summed E-state index contributed by atoms with van der Waals surface area (Å²) in [5, 5.41) is 10.8. The lowest BCUT2D eigenvalue weighted by Crippen LogP contribution is -2.07. The molecule has 1 heterocycles. The molecule has 4 rings (SSSR count). The molecular weight excluding hydrogens is 422 g/mol. The van der Waals surface area contributed by atoms with E-state index in [9.17, 15) is 5.11 Å². The Morgan fingerprint density at radius 1 is 0.706 bits per heavy atom. The predicted molar refractivity (Wildman–Crippen MR) is 135 cm³/mol. The molecule has 0 fully saturated rings. The summed E-state index contributed by atoms with van der Waals surface area (Å²) in [6.45, 7) is 2.84. The summed E-state index contributed by atoms with van der Waals surface area (Å²) in [6, 6.07) is 25.6. The first-order valence-electron chi connectivity index (χ1n) is 12.0. The summed E-state index contributed by atoms with van der Waals surface area (Å²) < 4.78 is 5.82. The summed E-state index contributed by atoms with van der Waals surface area (Å²) in [5.41, 5.74) is 2.83. The molecule has 0 aliphatic rings. The van der Waals surface area contributed by atoms with Gasteiger partial charge in [-0.3, -0.25) is 0 Å². The largest absolute Gasteiger partial charge is 0.507 e. The van der Waals surface area contributed by atoms with Gasteiger partial charge in [-0.05, 0) is 29.7 Å². The highest BCUT2D eigenvalue weighted by Gasteiger charge is 2.14. The van der Waals surface area contributed by atoms with E-state index in [4.69, 9.17) is 19.7 Å². The molecule has 0 amide bonds. The molecule has 0 aliphatic heterocycles. The third kappa shape index (κ3) is 6.64. The maximum Gasteiger partial charge on any atom is 0.167 e. The van der Waals surface area contributed by atoms with E-state index in [2.05, 4.69) is 31.2 Å². The fraction of sp³-hybridized carbons (Fsp3) is 0.276. The number of rotatable bonds is 11. The third-order valence-electron chi connectivity index (χ3n) is 5.61. The van der Waals surface area contributed by atoms with Gasteiger partial charge in [-0.15, -0.1) is 0 Å². The number of unbranched alkanes of at least 4 members (excludes halogenated alkanes) is 3. The van der Waals surface area contributed by atoms with Crippen LogP contribution in [0.1, 0.15) is 55.4 Å². The maximum atomic E-state index is 10.8. The van der Waals surface area contributed by atoms with E-state index in [1.807, 2.05) is 48.5 Å². The highest BCUT2D eigenvalue weighted by Crippen LogP contribution is 2.31. The molecule has 1 aromatic heterocycles. The van der Waals surface area contributed by atoms with Gasteiger partial charge in [-0.2, -0.15) is 0 Å². The summed E-state index contributed by atoms with van der Waals surface area (Å²) in [7, 11) is 0. The lowest BCUT2D eigenvalue weighted by Gasteiger charge is -2.11. The van der Waals surface area contributed by atoms with Crippen molar-refractivity contribution in [3.8, 4) is 22.9 Å². The second kappa shape index (κ2) is 11.9. The molecule has 0 radical (unpaired) electrons. The van der Waals surface area contributed by atoms with Crippen LogP contribution in [0.3, 0.4) is 0 Å². The average Bonchev–Trinajstić information content (AvgIpc) is 2.85. The first kappa shape index (κ1) is 23.4. The Labute approximate surface area is 201 Å². The van der Waals surface area contributed by atoms with Crippen LogP contribution in [-0.4, -0.2) is 26.7 Å². The van der Waals surface area contributed by atoms with Gasteiger partial charge in [0, 0.05) is 18.9 Å². The fourth-order valence-electron chi connectivity index (χ4n) is 3.81. The van der Waals surface area contributed by atoms with E-state index < -0.39 is 0 Å². The number of hydrogen-bond donors (Lipinski definition) is 1. The van der Waals surface area contributed by atoms with Crippen LogP contribution in [0.2, 0.25) is 0 Å². The summed E-state index contributed by atoms with van der Waals surface area (Å²) in [6.07, 6.45) is 5.76. The standard InChI is InChI=1S/C29H31N3O2/c1-2-3-4-11-18-34-24-16-17-25(26(33)21-24)29-31-27(19-22-12-7-5-8-13-22)30-28(32-29)20-23-14-9-6-10-15-23/h5-10,12-17,21,33H,2-4,11,18-20H2,1H3. The summed E-state index contributed by atoms with van der Waals surface area (Å²) in [5.74, 6) is 2.59. The van der Waals surface area contributed by atoms with Crippen molar-refractivity contribution in [3.05, 3.63) is 102 Å². The molecule has 0 bridgehead atoms. The number of phenols is 1. The van der Waals surface area contributed by atoms with Gasteiger partial charge in [-0.25, -0.2) is 15.0 Å². The van der Waals surface area contributed by atoms with Crippen LogP contribution in [-0.2, 0) is 12.8 Å². The van der Waals surface area contributed by atoms with Gasteiger partial charge in [0.05, 0.1) is 12.2 Å². The van der Waals surface area contributed by atoms with Crippen LogP contribution >= 0.6 is 0 Å². The van der Waals surface area contributed by atoms with Crippen LogP contribution in [0, 0.1) is 0 Å². The fourth-order valence-corrected chi connectivity index (χ4v) is 3.81. The van der Waals surface area contributed by atoms with Crippen LogP contribution in [0.4, 0.5) is 0 Å². The van der Waals surface area contributed by atoms with Crippen molar-refractivity contribution in [3.63, 3.8) is 0 Å². The molecule has 0 saturated heterocycles. The van der Waals surface area contributed by atoms with Gasteiger partial charge in [0.25, 0.3) is 0 Å². The van der Waals surface area contributed by atoms with E-state index in [1.54, 1.807) is 6.07 Å². The van der Waals surface area contributed by atoms with E-state index in [1.165, 1.54) is 12.8 Å². The van der Waals surface area contributed by atoms with Crippen molar-refractivity contribution in [2.24, 2.45) is 0 Å². The SMILES string of the molecule is CCCCCCOc1ccc(-c2nc(Cc3ccccc3)nc(Cc3ccccc3)n2)c(O)c1. The molecule has 0 spiro atoms. The minimum absolute atomic E-state index is 0.105. The quantitative estimate of drug-likeness (QED) is 0.267. The third-order valence-corrected chi connectivity index (χ3v) is 5.61. The number of benzene rings is 3. The molecule has 5 nitrogen and oxygen atoms in total. The molecule has 4 aromatic rings. The lowest BCUT2D eigenvalue weighted by atomic mass is 10.1. The molecule has 34 heavy (non-hydrogen) atoms. The monoisotopic (exact) mass is 453 g/mol. The zero-order valence-corrected chi connectivity index (χ0v) is 19.7. The minimum atomic E-state index is 0.105. The minimum Gasteiger partial charge on any atom is -0.507 e. The van der Waals surface area contributed by atoms with Gasteiger partial charge in [0.15, 0.2) is 5.82 Å². The van der Waals surface area contributed by atoms with Gasteiger partial charge in [0.1, 0.15) is 23.1 Å². The van der Waals surface area contributed by atoms with Crippen LogP contribution < -0.4 is 4.74 Å². The molecular formula is C29H31N3O2. The topological polar surface area (TPSA) is 68.1 Å². The van der Waals surface area contributed by atoms with Gasteiger partial charge >= 0.3 is 0 Å². The van der Waals surface area contributed by atoms with Crippen LogP contribution in [0.5, 0.6) is 11.5 Å².